The number of thiazole rings is 1. The van der Waals surface area contributed by atoms with Crippen molar-refractivity contribution in [1.82, 2.24) is 10.3 Å². The van der Waals surface area contributed by atoms with Crippen molar-refractivity contribution in [2.24, 2.45) is 0 Å². The topological polar surface area (TPSA) is 108 Å². The highest BCUT2D eigenvalue weighted by atomic mass is 32.1. The number of carbonyl (C=O) groups is 3. The van der Waals surface area contributed by atoms with Crippen LogP contribution in [0, 0.1) is 6.92 Å². The lowest BCUT2D eigenvalue weighted by molar-refractivity contribution is -0.138. The van der Waals surface area contributed by atoms with E-state index in [9.17, 15) is 27.6 Å². The van der Waals surface area contributed by atoms with Crippen molar-refractivity contribution in [3.8, 4) is 0 Å². The van der Waals surface area contributed by atoms with Crippen molar-refractivity contribution >= 4 is 44.5 Å². The van der Waals surface area contributed by atoms with Crippen LogP contribution in [0.1, 0.15) is 88.5 Å². The van der Waals surface area contributed by atoms with E-state index >= 15 is 0 Å². The van der Waals surface area contributed by atoms with E-state index in [1.54, 1.807) is 31.2 Å². The third kappa shape index (κ3) is 8.08. The Bertz CT molecular complexity index is 1680. The number of amides is 2. The summed E-state index contributed by atoms with van der Waals surface area (Å²) in [6.07, 6.45) is 1.57. The molecule has 236 valence electrons. The Morgan fingerprint density at radius 1 is 1.00 bits per heavy atom. The molecule has 1 aliphatic rings. The Kier molecular flexibility index (Phi) is 9.86. The Morgan fingerprint density at radius 3 is 2.33 bits per heavy atom. The lowest BCUT2D eigenvalue weighted by atomic mass is 9.83. The molecule has 45 heavy (non-hydrogen) atoms. The first kappa shape index (κ1) is 32.2. The van der Waals surface area contributed by atoms with Crippen LogP contribution in [0.4, 0.5) is 18.3 Å². The van der Waals surface area contributed by atoms with E-state index in [0.29, 0.717) is 28.2 Å². The number of nitrogens with zero attached hydrogens (tertiary/aromatic N) is 1. The lowest BCUT2D eigenvalue weighted by Crippen LogP contribution is -2.26. The maximum absolute atomic E-state index is 13.8. The summed E-state index contributed by atoms with van der Waals surface area (Å²) in [6, 6.07) is 16.9. The number of anilines is 1. The van der Waals surface area contributed by atoms with E-state index in [2.05, 4.69) is 27.8 Å². The van der Waals surface area contributed by atoms with Crippen LogP contribution in [0.3, 0.4) is 0 Å². The zero-order chi connectivity index (χ0) is 32.1. The van der Waals surface area contributed by atoms with Crippen LogP contribution in [0.5, 0.6) is 0 Å². The van der Waals surface area contributed by atoms with Gasteiger partial charge in [-0.2, -0.15) is 13.2 Å². The molecular weight excluding hydrogens is 603 g/mol. The molecule has 7 nitrogen and oxygen atoms in total. The van der Waals surface area contributed by atoms with Gasteiger partial charge in [0, 0.05) is 12.1 Å². The summed E-state index contributed by atoms with van der Waals surface area (Å²) < 4.78 is 40.7. The van der Waals surface area contributed by atoms with Gasteiger partial charge in [0.15, 0.2) is 5.13 Å². The van der Waals surface area contributed by atoms with Gasteiger partial charge in [-0.3, -0.25) is 14.4 Å². The fourth-order valence-corrected chi connectivity index (χ4v) is 6.74. The molecule has 4 aromatic rings. The standard InChI is InChI=1S/C34H34F3N3O4S/c1-20-17-26(34(35,36)37)19-28-30(20)45-33(39-28)40-32(44)27(24-13-11-23(12-14-24)22-5-3-2-4-6-22)18-21-7-9-25(10-8-21)31(43)38-16-15-29(41)42/h7-14,17,19,22,27H,2-6,15-16,18H2,1H3,(H,38,43)(H,41,42)(H,39,40,44). The monoisotopic (exact) mass is 637 g/mol. The quantitative estimate of drug-likeness (QED) is 0.164. The maximum Gasteiger partial charge on any atom is 0.416 e. The van der Waals surface area contributed by atoms with Crippen LogP contribution >= 0.6 is 11.3 Å². The number of aliphatic carboxylic acids is 1. The predicted octanol–water partition coefficient (Wildman–Crippen LogP) is 7.84. The Balaban J connectivity index is 1.38. The molecule has 2 amide bonds. The number of carboxylic acids is 1. The summed E-state index contributed by atoms with van der Waals surface area (Å²) in [7, 11) is 0. The van der Waals surface area contributed by atoms with E-state index in [4.69, 9.17) is 5.11 Å². The number of aromatic nitrogens is 1. The summed E-state index contributed by atoms with van der Waals surface area (Å²) in [5, 5.41) is 14.4. The first-order valence-corrected chi connectivity index (χ1v) is 15.8. The summed E-state index contributed by atoms with van der Waals surface area (Å²) in [4.78, 5) is 41.2. The fraction of sp³-hybridized carbons (Fsp3) is 0.353. The van der Waals surface area contributed by atoms with Crippen LogP contribution in [0.25, 0.3) is 10.2 Å². The normalized spacial score (nSPS) is 14.7. The molecule has 1 atom stereocenters. The average molecular weight is 638 g/mol. The fourth-order valence-electron chi connectivity index (χ4n) is 5.82. The van der Waals surface area contributed by atoms with Crippen molar-refractivity contribution in [2.45, 2.75) is 69.9 Å². The SMILES string of the molecule is Cc1cc(C(F)(F)F)cc2nc(NC(=O)C(Cc3ccc(C(=O)NCCC(=O)O)cc3)c3ccc(C4CCCCC4)cc3)sc12. The molecule has 0 spiro atoms. The second-order valence-electron chi connectivity index (χ2n) is 11.5. The molecule has 1 heterocycles. The number of fused-ring (bicyclic) bond motifs is 1. The zero-order valence-electron chi connectivity index (χ0n) is 24.7. The van der Waals surface area contributed by atoms with Gasteiger partial charge in [0.25, 0.3) is 5.91 Å². The number of benzene rings is 3. The molecule has 1 fully saturated rings. The Hall–Kier alpha value is -4.25. The summed E-state index contributed by atoms with van der Waals surface area (Å²) in [5.41, 5.74) is 3.02. The van der Waals surface area contributed by atoms with Gasteiger partial charge in [0.1, 0.15) is 0 Å². The van der Waals surface area contributed by atoms with Crippen LogP contribution < -0.4 is 10.6 Å². The van der Waals surface area contributed by atoms with Crippen LogP contribution in [0.15, 0.2) is 60.7 Å². The van der Waals surface area contributed by atoms with Gasteiger partial charge in [0.2, 0.25) is 5.91 Å². The summed E-state index contributed by atoms with van der Waals surface area (Å²) >= 11 is 1.13. The molecule has 0 bridgehead atoms. The number of carboxylic acid groups (broad SMARTS) is 1. The van der Waals surface area contributed by atoms with Gasteiger partial charge < -0.3 is 15.7 Å². The number of carbonyl (C=O) groups excluding carboxylic acids is 2. The molecule has 0 saturated heterocycles. The largest absolute Gasteiger partial charge is 0.481 e. The highest BCUT2D eigenvalue weighted by Crippen LogP contribution is 2.37. The third-order valence-electron chi connectivity index (χ3n) is 8.25. The van der Waals surface area contributed by atoms with E-state index in [1.165, 1.54) is 24.8 Å². The summed E-state index contributed by atoms with van der Waals surface area (Å²) in [5.74, 6) is -1.88. The minimum atomic E-state index is -4.50. The first-order chi connectivity index (χ1) is 21.5. The third-order valence-corrected chi connectivity index (χ3v) is 9.37. The van der Waals surface area contributed by atoms with E-state index in [0.717, 1.165) is 47.4 Å². The number of hydrogen-bond donors (Lipinski definition) is 3. The number of rotatable bonds is 10. The highest BCUT2D eigenvalue weighted by molar-refractivity contribution is 7.22. The molecular formula is C34H34F3N3O4S. The molecule has 1 aliphatic carbocycles. The smallest absolute Gasteiger partial charge is 0.416 e. The predicted molar refractivity (Wildman–Crippen MR) is 168 cm³/mol. The minimum Gasteiger partial charge on any atom is -0.481 e. The van der Waals surface area contributed by atoms with Gasteiger partial charge >= 0.3 is 12.1 Å². The molecule has 11 heteroatoms. The second kappa shape index (κ2) is 13.8. The van der Waals surface area contributed by atoms with Crippen LogP contribution in [-0.2, 0) is 22.2 Å². The molecule has 3 aromatic carbocycles. The van der Waals surface area contributed by atoms with Gasteiger partial charge in [-0.1, -0.05) is 67.0 Å². The van der Waals surface area contributed by atoms with Crippen molar-refractivity contribution in [1.29, 1.82) is 0 Å². The minimum absolute atomic E-state index is 0.0117. The van der Waals surface area contributed by atoms with Crippen molar-refractivity contribution in [2.75, 3.05) is 11.9 Å². The Labute approximate surface area is 262 Å². The lowest BCUT2D eigenvalue weighted by Gasteiger charge is -2.23. The van der Waals surface area contributed by atoms with Gasteiger partial charge in [-0.05, 0) is 78.6 Å². The molecule has 1 saturated carbocycles. The van der Waals surface area contributed by atoms with E-state index in [-0.39, 0.29) is 29.5 Å². The van der Waals surface area contributed by atoms with Crippen LogP contribution in [0.2, 0.25) is 0 Å². The van der Waals surface area contributed by atoms with Crippen molar-refractivity contribution < 1.29 is 32.7 Å². The highest BCUT2D eigenvalue weighted by Gasteiger charge is 2.32. The zero-order valence-corrected chi connectivity index (χ0v) is 25.6. The van der Waals surface area contributed by atoms with Crippen LogP contribution in [-0.4, -0.2) is 34.4 Å². The summed E-state index contributed by atoms with van der Waals surface area (Å²) in [6.45, 7) is 1.60. The maximum atomic E-state index is 13.8. The van der Waals surface area contributed by atoms with E-state index < -0.39 is 29.5 Å². The number of nitrogens with one attached hydrogen (secondary N) is 2. The second-order valence-corrected chi connectivity index (χ2v) is 12.5. The van der Waals surface area contributed by atoms with Gasteiger partial charge in [-0.15, -0.1) is 0 Å². The number of aryl methyl sites for hydroxylation is 1. The Morgan fingerprint density at radius 2 is 1.69 bits per heavy atom. The van der Waals surface area contributed by atoms with Gasteiger partial charge in [-0.25, -0.2) is 4.98 Å². The van der Waals surface area contributed by atoms with E-state index in [1.807, 2.05) is 12.1 Å². The number of hydrogen-bond acceptors (Lipinski definition) is 5. The molecule has 1 aromatic heterocycles. The van der Waals surface area contributed by atoms with Crippen molar-refractivity contribution in [3.63, 3.8) is 0 Å². The number of halogens is 3. The van der Waals surface area contributed by atoms with Crippen molar-refractivity contribution in [3.05, 3.63) is 94.0 Å². The molecule has 5 rings (SSSR count). The molecule has 0 radical (unpaired) electrons. The molecule has 3 N–H and O–H groups in total. The molecule has 0 aliphatic heterocycles. The number of alkyl halides is 3. The molecule has 1 unspecified atom stereocenters. The average Bonchev–Trinajstić information content (AvgIpc) is 3.43. The van der Waals surface area contributed by atoms with Gasteiger partial charge in [0.05, 0.1) is 28.1 Å². The first-order valence-electron chi connectivity index (χ1n) is 15.0.